The third-order valence-electron chi connectivity index (χ3n) is 4.19. The maximum atomic E-state index is 12.4. The summed E-state index contributed by atoms with van der Waals surface area (Å²) < 4.78 is 3.81. The molecule has 2 aromatic heterocycles. The summed E-state index contributed by atoms with van der Waals surface area (Å²) in [7, 11) is 0. The highest BCUT2D eigenvalue weighted by molar-refractivity contribution is 7.99. The molecule has 0 spiro atoms. The SMILES string of the molecule is Cc1ccc(-n2nc(C)cc2NC(=O)CSc2nncn2C2CC2)cc1. The van der Waals surface area contributed by atoms with Crippen LogP contribution in [0.25, 0.3) is 5.69 Å². The molecule has 0 bridgehead atoms. The van der Waals surface area contributed by atoms with Gasteiger partial charge < -0.3 is 9.88 Å². The molecule has 8 heteroatoms. The van der Waals surface area contributed by atoms with Gasteiger partial charge in [0.2, 0.25) is 5.91 Å². The van der Waals surface area contributed by atoms with E-state index in [4.69, 9.17) is 0 Å². The monoisotopic (exact) mass is 368 g/mol. The Kier molecular flexibility index (Phi) is 4.50. The van der Waals surface area contributed by atoms with E-state index in [1.165, 1.54) is 17.3 Å². The third-order valence-corrected chi connectivity index (χ3v) is 5.15. The van der Waals surface area contributed by atoms with E-state index in [-0.39, 0.29) is 11.7 Å². The van der Waals surface area contributed by atoms with Crippen molar-refractivity contribution >= 4 is 23.5 Å². The first-order valence-corrected chi connectivity index (χ1v) is 9.54. The fourth-order valence-corrected chi connectivity index (χ4v) is 3.50. The Bertz CT molecular complexity index is 926. The number of nitrogens with zero attached hydrogens (tertiary/aromatic N) is 5. The van der Waals surface area contributed by atoms with Crippen molar-refractivity contribution in [2.24, 2.45) is 0 Å². The van der Waals surface area contributed by atoms with Gasteiger partial charge in [-0.25, -0.2) is 4.68 Å². The lowest BCUT2D eigenvalue weighted by atomic mass is 10.2. The average molecular weight is 368 g/mol. The lowest BCUT2D eigenvalue weighted by Crippen LogP contribution is -2.17. The number of nitrogens with one attached hydrogen (secondary N) is 1. The van der Waals surface area contributed by atoms with Gasteiger partial charge in [-0.1, -0.05) is 29.5 Å². The first-order chi connectivity index (χ1) is 12.6. The molecular weight excluding hydrogens is 348 g/mol. The van der Waals surface area contributed by atoms with Crippen molar-refractivity contribution in [3.63, 3.8) is 0 Å². The third kappa shape index (κ3) is 3.65. The Morgan fingerprint density at radius 1 is 1.27 bits per heavy atom. The molecule has 134 valence electrons. The van der Waals surface area contributed by atoms with E-state index in [1.54, 1.807) is 11.0 Å². The Hall–Kier alpha value is -2.61. The highest BCUT2D eigenvalue weighted by Crippen LogP contribution is 2.37. The Labute approximate surface area is 155 Å². The zero-order chi connectivity index (χ0) is 18.1. The molecule has 1 aliphatic carbocycles. The van der Waals surface area contributed by atoms with Crippen LogP contribution < -0.4 is 5.32 Å². The molecule has 1 N–H and O–H groups in total. The molecule has 0 atom stereocenters. The first-order valence-electron chi connectivity index (χ1n) is 8.56. The summed E-state index contributed by atoms with van der Waals surface area (Å²) in [5.41, 5.74) is 2.95. The molecule has 3 aromatic rings. The van der Waals surface area contributed by atoms with Crippen LogP contribution in [0.2, 0.25) is 0 Å². The molecule has 1 amide bonds. The molecule has 0 aliphatic heterocycles. The van der Waals surface area contributed by atoms with Crippen molar-refractivity contribution in [3.8, 4) is 5.69 Å². The molecule has 1 aromatic carbocycles. The van der Waals surface area contributed by atoms with Crippen LogP contribution in [-0.4, -0.2) is 36.2 Å². The maximum absolute atomic E-state index is 12.4. The smallest absolute Gasteiger partial charge is 0.236 e. The minimum atomic E-state index is -0.0893. The number of aromatic nitrogens is 5. The van der Waals surface area contributed by atoms with Gasteiger partial charge in [-0.05, 0) is 38.8 Å². The van der Waals surface area contributed by atoms with Crippen LogP contribution >= 0.6 is 11.8 Å². The Morgan fingerprint density at radius 3 is 2.77 bits per heavy atom. The second-order valence-corrected chi connectivity index (χ2v) is 7.45. The second-order valence-electron chi connectivity index (χ2n) is 6.51. The van der Waals surface area contributed by atoms with Crippen LogP contribution in [0.1, 0.15) is 30.1 Å². The van der Waals surface area contributed by atoms with Crippen molar-refractivity contribution in [3.05, 3.63) is 47.9 Å². The van der Waals surface area contributed by atoms with Crippen LogP contribution in [0.15, 0.2) is 41.8 Å². The van der Waals surface area contributed by atoms with Crippen molar-refractivity contribution in [2.75, 3.05) is 11.1 Å². The van der Waals surface area contributed by atoms with E-state index in [0.29, 0.717) is 11.9 Å². The van der Waals surface area contributed by atoms with Crippen LogP contribution in [-0.2, 0) is 4.79 Å². The van der Waals surface area contributed by atoms with Gasteiger partial charge in [0.15, 0.2) is 5.16 Å². The number of thioether (sulfide) groups is 1. The van der Waals surface area contributed by atoms with Crippen molar-refractivity contribution in [1.82, 2.24) is 24.5 Å². The van der Waals surface area contributed by atoms with Crippen LogP contribution in [0.3, 0.4) is 0 Å². The van der Waals surface area contributed by atoms with Gasteiger partial charge in [0, 0.05) is 12.1 Å². The standard InChI is InChI=1S/C18H20N6OS/c1-12-3-5-15(6-4-12)24-16(9-13(2)22-24)20-17(25)10-26-18-21-19-11-23(18)14-7-8-14/h3-6,9,11,14H,7-8,10H2,1-2H3,(H,20,25). The molecule has 0 saturated heterocycles. The minimum Gasteiger partial charge on any atom is -0.310 e. The van der Waals surface area contributed by atoms with Crippen molar-refractivity contribution in [1.29, 1.82) is 0 Å². The molecule has 0 radical (unpaired) electrons. The molecular formula is C18H20N6OS. The van der Waals surface area contributed by atoms with E-state index < -0.39 is 0 Å². The number of amides is 1. The van der Waals surface area contributed by atoms with E-state index in [1.807, 2.05) is 44.2 Å². The highest BCUT2D eigenvalue weighted by atomic mass is 32.2. The number of hydrogen-bond acceptors (Lipinski definition) is 5. The molecule has 1 saturated carbocycles. The Morgan fingerprint density at radius 2 is 2.04 bits per heavy atom. The number of rotatable bonds is 6. The topological polar surface area (TPSA) is 77.6 Å². The molecule has 1 fully saturated rings. The van der Waals surface area contributed by atoms with E-state index in [2.05, 4.69) is 25.2 Å². The maximum Gasteiger partial charge on any atom is 0.236 e. The van der Waals surface area contributed by atoms with Gasteiger partial charge >= 0.3 is 0 Å². The summed E-state index contributed by atoms with van der Waals surface area (Å²) in [6.07, 6.45) is 4.06. The van der Waals surface area contributed by atoms with Gasteiger partial charge in [-0.3, -0.25) is 4.79 Å². The number of hydrogen-bond donors (Lipinski definition) is 1. The molecule has 26 heavy (non-hydrogen) atoms. The van der Waals surface area contributed by atoms with Crippen LogP contribution in [0.4, 0.5) is 5.82 Å². The normalized spacial score (nSPS) is 13.8. The van der Waals surface area contributed by atoms with Gasteiger partial charge in [0.1, 0.15) is 12.1 Å². The fourth-order valence-electron chi connectivity index (χ4n) is 2.72. The summed E-state index contributed by atoms with van der Waals surface area (Å²) in [4.78, 5) is 12.4. The highest BCUT2D eigenvalue weighted by Gasteiger charge is 2.26. The molecule has 2 heterocycles. The number of carbonyl (C=O) groups is 1. The molecule has 4 rings (SSSR count). The summed E-state index contributed by atoms with van der Waals surface area (Å²) in [6.45, 7) is 3.95. The summed E-state index contributed by atoms with van der Waals surface area (Å²) in [5, 5.41) is 16.3. The predicted octanol–water partition coefficient (Wildman–Crippen LogP) is 3.15. The minimum absolute atomic E-state index is 0.0893. The zero-order valence-corrected chi connectivity index (χ0v) is 15.5. The van der Waals surface area contributed by atoms with Crippen molar-refractivity contribution in [2.45, 2.75) is 37.9 Å². The van der Waals surface area contributed by atoms with Gasteiger partial charge in [-0.2, -0.15) is 5.10 Å². The lowest BCUT2D eigenvalue weighted by molar-refractivity contribution is -0.113. The number of benzene rings is 1. The quantitative estimate of drug-likeness (QED) is 0.676. The van der Waals surface area contributed by atoms with Gasteiger partial charge in [0.05, 0.1) is 17.1 Å². The largest absolute Gasteiger partial charge is 0.310 e. The number of aryl methyl sites for hydroxylation is 2. The van der Waals surface area contributed by atoms with E-state index in [0.717, 1.165) is 29.4 Å². The number of carbonyl (C=O) groups excluding carboxylic acids is 1. The van der Waals surface area contributed by atoms with Gasteiger partial charge in [-0.15, -0.1) is 10.2 Å². The molecule has 1 aliphatic rings. The molecule has 7 nitrogen and oxygen atoms in total. The lowest BCUT2D eigenvalue weighted by Gasteiger charge is -2.09. The van der Waals surface area contributed by atoms with E-state index in [9.17, 15) is 4.79 Å². The predicted molar refractivity (Wildman–Crippen MR) is 101 cm³/mol. The molecule has 0 unspecified atom stereocenters. The summed E-state index contributed by atoms with van der Waals surface area (Å²) in [5.74, 6) is 0.859. The number of anilines is 1. The zero-order valence-electron chi connectivity index (χ0n) is 14.7. The summed E-state index contributed by atoms with van der Waals surface area (Å²) >= 11 is 1.41. The average Bonchev–Trinajstić information content (AvgIpc) is 3.25. The van der Waals surface area contributed by atoms with E-state index >= 15 is 0 Å². The first kappa shape index (κ1) is 16.8. The second kappa shape index (κ2) is 6.95. The fraction of sp³-hybridized carbons (Fsp3) is 0.333. The van der Waals surface area contributed by atoms with Crippen LogP contribution in [0.5, 0.6) is 0 Å². The van der Waals surface area contributed by atoms with Crippen molar-refractivity contribution < 1.29 is 4.79 Å². The van der Waals surface area contributed by atoms with Crippen LogP contribution in [0, 0.1) is 13.8 Å². The Balaban J connectivity index is 1.44. The van der Waals surface area contributed by atoms with Gasteiger partial charge in [0.25, 0.3) is 0 Å². The summed E-state index contributed by atoms with van der Waals surface area (Å²) in [6, 6.07) is 10.4.